The molecule has 2 bridgehead atoms. The molecule has 2 aromatic carbocycles. The van der Waals surface area contributed by atoms with Crippen LogP contribution in [0.2, 0.25) is 5.02 Å². The average molecular weight is 736 g/mol. The highest BCUT2D eigenvalue weighted by Gasteiger charge is 2.76. The number of nitrogens with zero attached hydrogens (tertiary/aromatic N) is 2. The molecule has 0 aromatic heterocycles. The summed E-state index contributed by atoms with van der Waals surface area (Å²) in [7, 11) is 1.50. The van der Waals surface area contributed by atoms with E-state index in [2.05, 4.69) is 18.5 Å². The number of carbonyl (C=O) groups excluding carboxylic acids is 4. The van der Waals surface area contributed by atoms with Crippen LogP contribution in [0.4, 0.5) is 5.69 Å². The van der Waals surface area contributed by atoms with E-state index in [9.17, 15) is 24.3 Å². The van der Waals surface area contributed by atoms with Crippen molar-refractivity contribution in [2.75, 3.05) is 31.8 Å². The molecule has 0 saturated carbocycles. The molecule has 280 valence electrons. The van der Waals surface area contributed by atoms with Crippen LogP contribution in [-0.4, -0.2) is 90.4 Å². The maximum absolute atomic E-state index is 14.9. The second kappa shape index (κ2) is 17.2. The van der Waals surface area contributed by atoms with Gasteiger partial charge in [-0.3, -0.25) is 19.2 Å². The Balaban J connectivity index is 1.54. The van der Waals surface area contributed by atoms with Crippen LogP contribution in [0.3, 0.4) is 0 Å². The van der Waals surface area contributed by atoms with Gasteiger partial charge in [0, 0.05) is 30.8 Å². The number of hydrogen-bond acceptors (Lipinski definition) is 8. The van der Waals surface area contributed by atoms with Crippen LogP contribution in [0.5, 0.6) is 0 Å². The molecule has 3 aliphatic heterocycles. The maximum atomic E-state index is 14.9. The molecule has 2 aromatic rings. The lowest BCUT2D eigenvalue weighted by Gasteiger charge is -2.40. The Hall–Kier alpha value is -4.03. The Kier molecular flexibility index (Phi) is 13.0. The number of likely N-dealkylation sites (tertiary alicyclic amines) is 1. The van der Waals surface area contributed by atoms with E-state index in [1.165, 1.54) is 16.9 Å². The van der Waals surface area contributed by atoms with Gasteiger partial charge in [0.15, 0.2) is 0 Å². The van der Waals surface area contributed by atoms with Crippen molar-refractivity contribution < 1.29 is 38.5 Å². The third kappa shape index (κ3) is 7.55. The molecule has 3 fully saturated rings. The number of anilines is 1. The normalized spacial score (nSPS) is 25.5. The van der Waals surface area contributed by atoms with Gasteiger partial charge in [0.1, 0.15) is 17.7 Å². The quantitative estimate of drug-likeness (QED) is 0.161. The molecule has 9 atom stereocenters. The average Bonchev–Trinajstić information content (AvgIpc) is 3.80. The summed E-state index contributed by atoms with van der Waals surface area (Å²) in [6, 6.07) is 13.3. The van der Waals surface area contributed by atoms with Crippen molar-refractivity contribution >= 4 is 41.0 Å². The maximum Gasteiger partial charge on any atom is 0.313 e. The minimum absolute atomic E-state index is 0.0465. The van der Waals surface area contributed by atoms with E-state index < -0.39 is 65.6 Å². The molecule has 2 N–H and O–H groups in total. The van der Waals surface area contributed by atoms with Crippen molar-refractivity contribution in [2.24, 2.45) is 17.8 Å². The van der Waals surface area contributed by atoms with Gasteiger partial charge in [0.25, 0.3) is 5.91 Å². The molecular weight excluding hydrogens is 686 g/mol. The second-order valence-corrected chi connectivity index (χ2v) is 14.3. The predicted octanol–water partition coefficient (Wildman–Crippen LogP) is 5.02. The van der Waals surface area contributed by atoms with E-state index >= 15 is 0 Å². The van der Waals surface area contributed by atoms with Crippen molar-refractivity contribution in [1.29, 1.82) is 0 Å². The summed E-state index contributed by atoms with van der Waals surface area (Å²) in [5.74, 6) is -4.01. The molecule has 12 heteroatoms. The minimum atomic E-state index is -1.34. The lowest BCUT2D eigenvalue weighted by molar-refractivity contribution is -0.163. The Morgan fingerprint density at radius 1 is 1.15 bits per heavy atom. The first kappa shape index (κ1) is 39.2. The van der Waals surface area contributed by atoms with Crippen LogP contribution in [0.15, 0.2) is 79.9 Å². The Morgan fingerprint density at radius 2 is 1.87 bits per heavy atom. The molecule has 0 radical (unpaired) electrons. The standard InChI is InChI=1S/C40H50ClN3O8/c1-6-9-15-32(46)42-29(24-50-5)35(26-13-11-10-12-14-26)51-39(49)33-31-20-21-40(52-31)34(33)37(47)44(30(23-45)25(4)8-3)36(40)38(48)43(22-7-2)28-18-16-27(41)17-19-28/h6-7,10-14,16-19,25,29-31,33-36,45H,1-2,8-9,15,20-24H2,3-5H3,(H,42,46)/t25-,29+,30-,31-,33+,34+,35+,36-,40+/m0/s1. The lowest BCUT2D eigenvalue weighted by Crippen LogP contribution is -2.60. The molecule has 3 heterocycles. The van der Waals surface area contributed by atoms with E-state index in [-0.39, 0.29) is 38.0 Å². The van der Waals surface area contributed by atoms with Crippen molar-refractivity contribution in [3.8, 4) is 0 Å². The lowest BCUT2D eigenvalue weighted by atomic mass is 9.70. The number of allylic oxidation sites excluding steroid dienone is 1. The number of halogens is 1. The second-order valence-electron chi connectivity index (χ2n) is 13.9. The first-order valence-corrected chi connectivity index (χ1v) is 18.4. The van der Waals surface area contributed by atoms with Crippen LogP contribution in [0.1, 0.15) is 57.6 Å². The number of carbonyl (C=O) groups is 4. The molecule has 3 amide bonds. The van der Waals surface area contributed by atoms with Crippen molar-refractivity contribution in [1.82, 2.24) is 10.2 Å². The Morgan fingerprint density at radius 3 is 2.48 bits per heavy atom. The van der Waals surface area contributed by atoms with Gasteiger partial charge in [0.2, 0.25) is 11.8 Å². The summed E-state index contributed by atoms with van der Waals surface area (Å²) in [5, 5.41) is 14.2. The number of amides is 3. The molecule has 3 saturated heterocycles. The van der Waals surface area contributed by atoms with E-state index in [4.69, 9.17) is 25.8 Å². The predicted molar refractivity (Wildman–Crippen MR) is 197 cm³/mol. The zero-order valence-corrected chi connectivity index (χ0v) is 30.9. The molecule has 11 nitrogen and oxygen atoms in total. The van der Waals surface area contributed by atoms with Crippen LogP contribution in [0.25, 0.3) is 0 Å². The number of nitrogens with one attached hydrogen (secondary N) is 1. The van der Waals surface area contributed by atoms with Gasteiger partial charge in [-0.25, -0.2) is 0 Å². The molecule has 0 aliphatic carbocycles. The molecule has 1 spiro atoms. The molecule has 3 aliphatic rings. The number of aliphatic hydroxyl groups excluding tert-OH is 1. The van der Waals surface area contributed by atoms with Gasteiger partial charge in [-0.1, -0.05) is 74.4 Å². The Bertz CT molecular complexity index is 1610. The van der Waals surface area contributed by atoms with Gasteiger partial charge in [-0.2, -0.15) is 0 Å². The zero-order valence-electron chi connectivity index (χ0n) is 30.1. The summed E-state index contributed by atoms with van der Waals surface area (Å²) < 4.78 is 18.5. The third-order valence-electron chi connectivity index (χ3n) is 10.8. The number of benzene rings is 2. The summed E-state index contributed by atoms with van der Waals surface area (Å²) in [5.41, 5.74) is -0.157. The monoisotopic (exact) mass is 735 g/mol. The summed E-state index contributed by atoms with van der Waals surface area (Å²) in [4.78, 5) is 60.3. The van der Waals surface area contributed by atoms with Crippen molar-refractivity contribution in [3.63, 3.8) is 0 Å². The fourth-order valence-electron chi connectivity index (χ4n) is 8.16. The molecule has 5 rings (SSSR count). The van der Waals surface area contributed by atoms with Gasteiger partial charge in [-0.05, 0) is 55.0 Å². The number of esters is 1. The number of ether oxygens (including phenoxy) is 3. The van der Waals surface area contributed by atoms with Crippen molar-refractivity contribution in [3.05, 3.63) is 90.5 Å². The van der Waals surface area contributed by atoms with E-state index in [1.807, 2.05) is 32.0 Å². The van der Waals surface area contributed by atoms with Crippen LogP contribution in [0, 0.1) is 17.8 Å². The van der Waals surface area contributed by atoms with Gasteiger partial charge < -0.3 is 34.4 Å². The fraction of sp³-hybridized carbons (Fsp3) is 0.500. The van der Waals surface area contributed by atoms with Gasteiger partial charge >= 0.3 is 5.97 Å². The zero-order chi connectivity index (χ0) is 37.6. The molecule has 52 heavy (non-hydrogen) atoms. The topological polar surface area (TPSA) is 135 Å². The summed E-state index contributed by atoms with van der Waals surface area (Å²) in [6.45, 7) is 11.2. The van der Waals surface area contributed by atoms with Crippen LogP contribution >= 0.6 is 11.6 Å². The van der Waals surface area contributed by atoms with E-state index in [0.717, 1.165) is 0 Å². The Labute approximate surface area is 310 Å². The summed E-state index contributed by atoms with van der Waals surface area (Å²) in [6.07, 6.45) is 3.70. The number of hydrogen-bond donors (Lipinski definition) is 2. The fourth-order valence-corrected chi connectivity index (χ4v) is 8.28. The third-order valence-corrected chi connectivity index (χ3v) is 11.1. The highest BCUT2D eigenvalue weighted by atomic mass is 35.5. The molecule has 0 unspecified atom stereocenters. The van der Waals surface area contributed by atoms with E-state index in [1.54, 1.807) is 48.6 Å². The highest BCUT2D eigenvalue weighted by molar-refractivity contribution is 6.30. The number of aliphatic hydroxyl groups is 1. The first-order chi connectivity index (χ1) is 25.1. The number of methoxy groups -OCH3 is 1. The van der Waals surface area contributed by atoms with Gasteiger partial charge in [0.05, 0.1) is 43.2 Å². The largest absolute Gasteiger partial charge is 0.455 e. The van der Waals surface area contributed by atoms with Crippen LogP contribution in [-0.2, 0) is 33.4 Å². The first-order valence-electron chi connectivity index (χ1n) is 18.0. The van der Waals surface area contributed by atoms with Crippen LogP contribution < -0.4 is 10.2 Å². The highest BCUT2D eigenvalue weighted by Crippen LogP contribution is 2.59. The summed E-state index contributed by atoms with van der Waals surface area (Å²) >= 11 is 6.18. The minimum Gasteiger partial charge on any atom is -0.455 e. The van der Waals surface area contributed by atoms with Gasteiger partial charge in [-0.15, -0.1) is 13.2 Å². The number of fused-ring (bicyclic) bond motifs is 1. The smallest absolute Gasteiger partial charge is 0.313 e. The van der Waals surface area contributed by atoms with E-state index in [0.29, 0.717) is 42.0 Å². The van der Waals surface area contributed by atoms with Crippen molar-refractivity contribution in [2.45, 2.75) is 81.9 Å². The number of rotatable bonds is 18. The molecular formula is C40H50ClN3O8. The SMILES string of the molecule is C=CCCC(=O)N[C@H](COC)[C@H](OC(=O)[C@@H]1[C@@H]2CC[C@]3(O2)[C@H](C(=O)N(CC=C)c2ccc(Cl)cc2)N([C@@H](CO)[C@@H](C)CC)C(=O)[C@@H]13)c1ccccc1.